The number of hydrazine groups is 1. The van der Waals surface area contributed by atoms with E-state index in [1.807, 2.05) is 24.3 Å². The highest BCUT2D eigenvalue weighted by Crippen LogP contribution is 2.17. The number of hydrogen-bond acceptors (Lipinski definition) is 5. The van der Waals surface area contributed by atoms with Gasteiger partial charge in [-0.2, -0.15) is 0 Å². The molecule has 0 spiro atoms. The number of Topliss-reactive ketones (excluding diaryl/α,β-unsaturated/α-hetero) is 1. The molecule has 0 saturated heterocycles. The Kier molecular flexibility index (Phi) is 4.24. The Morgan fingerprint density at radius 1 is 1.20 bits per heavy atom. The lowest BCUT2D eigenvalue weighted by Crippen LogP contribution is -2.19. The molecule has 1 heterocycles. The Labute approximate surface area is 124 Å². The minimum absolute atomic E-state index is 0.000196. The van der Waals surface area contributed by atoms with Gasteiger partial charge in [0.25, 0.3) is 0 Å². The fraction of sp³-hybridized carbons (Fsp3) is 0.143. The van der Waals surface area contributed by atoms with Gasteiger partial charge in [0.1, 0.15) is 11.3 Å². The normalized spacial score (nSPS) is 10.2. The molecule has 2 N–H and O–H groups in total. The van der Waals surface area contributed by atoms with Crippen LogP contribution in [0.2, 0.25) is 0 Å². The molecule has 6 heteroatoms. The lowest BCUT2D eigenvalue weighted by Gasteiger charge is -2.12. The maximum absolute atomic E-state index is 11.7. The van der Waals surface area contributed by atoms with Crippen LogP contribution in [0.4, 0.5) is 11.4 Å². The number of hydrogen-bond donors (Lipinski definition) is 2. The largest absolute Gasteiger partial charge is 0.428 e. The van der Waals surface area contributed by atoms with Crippen LogP contribution in [0, 0.1) is 6.92 Å². The fourth-order valence-electron chi connectivity index (χ4n) is 1.72. The predicted octanol–water partition coefficient (Wildman–Crippen LogP) is 3.35. The first-order chi connectivity index (χ1) is 9.47. The highest BCUT2D eigenvalue weighted by molar-refractivity contribution is 9.10. The van der Waals surface area contributed by atoms with Crippen molar-refractivity contribution in [3.05, 3.63) is 56.5 Å². The van der Waals surface area contributed by atoms with E-state index in [0.717, 1.165) is 10.2 Å². The smallest absolute Gasteiger partial charge is 0.349 e. The topological polar surface area (TPSA) is 71.3 Å². The van der Waals surface area contributed by atoms with Crippen molar-refractivity contribution < 1.29 is 9.21 Å². The first kappa shape index (κ1) is 14.3. The van der Waals surface area contributed by atoms with E-state index in [2.05, 4.69) is 26.8 Å². The fourth-order valence-corrected chi connectivity index (χ4v) is 1.98. The van der Waals surface area contributed by atoms with Gasteiger partial charge in [-0.25, -0.2) is 4.79 Å². The van der Waals surface area contributed by atoms with Crippen molar-refractivity contribution in [3.8, 4) is 0 Å². The van der Waals surface area contributed by atoms with Crippen molar-refractivity contribution in [3.63, 3.8) is 0 Å². The molecule has 0 atom stereocenters. The molecule has 0 saturated carbocycles. The summed E-state index contributed by atoms with van der Waals surface area (Å²) in [6.45, 7) is 2.97. The zero-order valence-electron chi connectivity index (χ0n) is 11.0. The SMILES string of the molecule is CC(=O)c1c(NNc2ccc(Br)cc2)cc(C)oc1=O. The Morgan fingerprint density at radius 3 is 2.45 bits per heavy atom. The molecule has 0 unspecified atom stereocenters. The number of nitrogens with one attached hydrogen (secondary N) is 2. The lowest BCUT2D eigenvalue weighted by molar-refractivity contribution is 0.101. The molecule has 0 aliphatic carbocycles. The van der Waals surface area contributed by atoms with E-state index in [0.29, 0.717) is 11.4 Å². The van der Waals surface area contributed by atoms with Gasteiger partial charge in [0.15, 0.2) is 5.78 Å². The van der Waals surface area contributed by atoms with E-state index in [9.17, 15) is 9.59 Å². The molecule has 2 aromatic rings. The van der Waals surface area contributed by atoms with Crippen LogP contribution >= 0.6 is 15.9 Å². The van der Waals surface area contributed by atoms with Gasteiger partial charge in [0, 0.05) is 10.5 Å². The van der Waals surface area contributed by atoms with Crippen LogP contribution < -0.4 is 16.5 Å². The van der Waals surface area contributed by atoms with E-state index in [1.165, 1.54) is 6.92 Å². The van der Waals surface area contributed by atoms with Crippen LogP contribution in [0.5, 0.6) is 0 Å². The molecule has 0 radical (unpaired) electrons. The summed E-state index contributed by atoms with van der Waals surface area (Å²) in [6.07, 6.45) is 0. The first-order valence-corrected chi connectivity index (χ1v) is 6.70. The predicted molar refractivity (Wildman–Crippen MR) is 81.1 cm³/mol. The molecule has 5 nitrogen and oxygen atoms in total. The van der Waals surface area contributed by atoms with Crippen molar-refractivity contribution in [2.45, 2.75) is 13.8 Å². The van der Waals surface area contributed by atoms with Crippen LogP contribution in [-0.2, 0) is 0 Å². The second-order valence-electron chi connectivity index (χ2n) is 4.25. The van der Waals surface area contributed by atoms with E-state index in [1.54, 1.807) is 13.0 Å². The summed E-state index contributed by atoms with van der Waals surface area (Å²) in [5, 5.41) is 0. The third-order valence-corrected chi connectivity index (χ3v) is 3.14. The van der Waals surface area contributed by atoms with Crippen LogP contribution in [0.1, 0.15) is 23.0 Å². The molecule has 1 aromatic carbocycles. The van der Waals surface area contributed by atoms with Crippen molar-refractivity contribution in [2.75, 3.05) is 10.9 Å². The van der Waals surface area contributed by atoms with Crippen LogP contribution in [0.25, 0.3) is 0 Å². The summed E-state index contributed by atoms with van der Waals surface area (Å²) in [6, 6.07) is 9.05. The van der Waals surface area contributed by atoms with E-state index in [4.69, 9.17) is 4.42 Å². The van der Waals surface area contributed by atoms with Crippen molar-refractivity contribution in [2.24, 2.45) is 0 Å². The lowest BCUT2D eigenvalue weighted by atomic mass is 10.1. The Bertz CT molecular complexity index is 693. The average molecular weight is 337 g/mol. The highest BCUT2D eigenvalue weighted by atomic mass is 79.9. The molecule has 0 fully saturated rings. The van der Waals surface area contributed by atoms with Crippen LogP contribution in [0.15, 0.2) is 44.0 Å². The second-order valence-corrected chi connectivity index (χ2v) is 5.16. The van der Waals surface area contributed by atoms with E-state index >= 15 is 0 Å². The monoisotopic (exact) mass is 336 g/mol. The molecular formula is C14H13BrN2O3. The zero-order valence-corrected chi connectivity index (χ0v) is 12.6. The molecule has 104 valence electrons. The number of aryl methyl sites for hydroxylation is 1. The van der Waals surface area contributed by atoms with Crippen molar-refractivity contribution in [1.29, 1.82) is 0 Å². The summed E-state index contributed by atoms with van der Waals surface area (Å²) in [4.78, 5) is 23.2. The zero-order chi connectivity index (χ0) is 14.7. The summed E-state index contributed by atoms with van der Waals surface area (Å²) >= 11 is 3.34. The van der Waals surface area contributed by atoms with Crippen molar-refractivity contribution in [1.82, 2.24) is 0 Å². The Balaban J connectivity index is 2.27. The summed E-state index contributed by atoms with van der Waals surface area (Å²) in [5.41, 5.74) is 6.36. The number of carbonyl (C=O) groups excluding carboxylic acids is 1. The minimum atomic E-state index is -0.641. The number of benzene rings is 1. The van der Waals surface area contributed by atoms with Gasteiger partial charge < -0.3 is 9.84 Å². The third kappa shape index (κ3) is 3.27. The van der Waals surface area contributed by atoms with Crippen LogP contribution in [-0.4, -0.2) is 5.78 Å². The molecule has 0 aliphatic rings. The number of halogens is 1. The minimum Gasteiger partial charge on any atom is -0.428 e. The maximum atomic E-state index is 11.7. The van der Waals surface area contributed by atoms with Gasteiger partial charge in [-0.3, -0.25) is 10.2 Å². The molecular weight excluding hydrogens is 324 g/mol. The third-order valence-electron chi connectivity index (χ3n) is 2.61. The highest BCUT2D eigenvalue weighted by Gasteiger charge is 2.14. The van der Waals surface area contributed by atoms with E-state index in [-0.39, 0.29) is 11.3 Å². The first-order valence-electron chi connectivity index (χ1n) is 5.90. The molecule has 20 heavy (non-hydrogen) atoms. The molecule has 0 amide bonds. The number of carbonyl (C=O) groups is 1. The van der Waals surface area contributed by atoms with Crippen molar-refractivity contribution >= 4 is 33.1 Å². The number of rotatable bonds is 4. The van der Waals surface area contributed by atoms with Gasteiger partial charge in [-0.05, 0) is 38.1 Å². The van der Waals surface area contributed by atoms with Gasteiger partial charge in [0.2, 0.25) is 0 Å². The summed E-state index contributed by atoms with van der Waals surface area (Å²) in [5.74, 6) is 0.0824. The number of anilines is 2. The summed E-state index contributed by atoms with van der Waals surface area (Å²) < 4.78 is 5.89. The average Bonchev–Trinajstić information content (AvgIpc) is 2.36. The molecule has 2 rings (SSSR count). The molecule has 1 aromatic heterocycles. The maximum Gasteiger partial charge on any atom is 0.349 e. The van der Waals surface area contributed by atoms with E-state index < -0.39 is 5.63 Å². The van der Waals surface area contributed by atoms with Gasteiger partial charge in [0.05, 0.1) is 11.4 Å². The molecule has 0 bridgehead atoms. The molecule has 0 aliphatic heterocycles. The second kappa shape index (κ2) is 5.92. The van der Waals surface area contributed by atoms with Gasteiger partial charge in [-0.1, -0.05) is 15.9 Å². The van der Waals surface area contributed by atoms with Gasteiger partial charge in [-0.15, -0.1) is 0 Å². The standard InChI is InChI=1S/C14H13BrN2O3/c1-8-7-12(13(9(2)18)14(19)20-8)17-16-11-5-3-10(15)4-6-11/h3-7,16-17H,1-2H3. The quantitative estimate of drug-likeness (QED) is 0.661. The Morgan fingerprint density at radius 2 is 1.85 bits per heavy atom. The van der Waals surface area contributed by atoms with Gasteiger partial charge >= 0.3 is 5.63 Å². The Hall–Kier alpha value is -2.08. The number of ketones is 1. The summed E-state index contributed by atoms with van der Waals surface area (Å²) in [7, 11) is 0. The van der Waals surface area contributed by atoms with Crippen LogP contribution in [0.3, 0.4) is 0 Å².